The monoisotopic (exact) mass is 465 g/mol. The van der Waals surface area contributed by atoms with Crippen LogP contribution in [0.1, 0.15) is 41.5 Å². The van der Waals surface area contributed by atoms with E-state index in [1.807, 2.05) is 30.3 Å². The molecular formula is C21H27N3O5S2. The van der Waals surface area contributed by atoms with Gasteiger partial charge in [-0.15, -0.1) is 11.3 Å². The van der Waals surface area contributed by atoms with Gasteiger partial charge in [0.15, 0.2) is 4.75 Å². The summed E-state index contributed by atoms with van der Waals surface area (Å²) in [4.78, 5) is 18.4. The van der Waals surface area contributed by atoms with Crippen molar-refractivity contribution in [3.05, 3.63) is 40.2 Å². The standard InChI is InChI=1S/C21H27N3O5S2/c1-15-18(16-5-3-2-4-6-16)22-19(30-15)17-7-11-24(12-8-17)31(27,28)21(20(25)23-26)9-13-29-14-10-21/h2-6,17,26H,7-14H2,1H3,(H,23,25). The predicted octanol–water partition coefficient (Wildman–Crippen LogP) is 2.68. The summed E-state index contributed by atoms with van der Waals surface area (Å²) in [5, 5.41) is 10.2. The number of piperidine rings is 1. The molecular weight excluding hydrogens is 438 g/mol. The fourth-order valence-electron chi connectivity index (χ4n) is 4.45. The van der Waals surface area contributed by atoms with Crippen LogP contribution in [0.25, 0.3) is 11.3 Å². The van der Waals surface area contributed by atoms with E-state index in [1.165, 1.54) is 4.31 Å². The number of amides is 1. The first-order valence-electron chi connectivity index (χ1n) is 10.4. The molecule has 0 saturated carbocycles. The lowest BCUT2D eigenvalue weighted by Crippen LogP contribution is -2.60. The second kappa shape index (κ2) is 8.95. The van der Waals surface area contributed by atoms with Crippen LogP contribution in [-0.2, 0) is 19.6 Å². The molecule has 2 aromatic rings. The normalized spacial score (nSPS) is 20.5. The Morgan fingerprint density at radius 1 is 1.23 bits per heavy atom. The molecule has 0 radical (unpaired) electrons. The van der Waals surface area contributed by atoms with Crippen LogP contribution in [0.15, 0.2) is 30.3 Å². The van der Waals surface area contributed by atoms with E-state index in [1.54, 1.807) is 16.8 Å². The van der Waals surface area contributed by atoms with Crippen molar-refractivity contribution in [3.63, 3.8) is 0 Å². The molecule has 0 bridgehead atoms. The number of aryl methyl sites for hydroxylation is 1. The topological polar surface area (TPSA) is 109 Å². The second-order valence-corrected chi connectivity index (χ2v) is 11.5. The van der Waals surface area contributed by atoms with E-state index in [0.29, 0.717) is 25.9 Å². The summed E-state index contributed by atoms with van der Waals surface area (Å²) in [5.41, 5.74) is 3.64. The first-order valence-corrected chi connectivity index (χ1v) is 12.7. The number of carbonyl (C=O) groups excluding carboxylic acids is 1. The molecule has 10 heteroatoms. The number of thiazole rings is 1. The number of nitrogens with zero attached hydrogens (tertiary/aromatic N) is 2. The van der Waals surface area contributed by atoms with Crippen LogP contribution >= 0.6 is 11.3 Å². The molecule has 3 heterocycles. The molecule has 2 saturated heterocycles. The van der Waals surface area contributed by atoms with Gasteiger partial charge in [0.2, 0.25) is 10.0 Å². The quantitative estimate of drug-likeness (QED) is 0.519. The van der Waals surface area contributed by atoms with Crippen molar-refractivity contribution in [1.82, 2.24) is 14.8 Å². The number of benzene rings is 1. The van der Waals surface area contributed by atoms with Gasteiger partial charge in [0.1, 0.15) is 0 Å². The SMILES string of the molecule is Cc1sc(C2CCN(S(=O)(=O)C3(C(=O)NO)CCOCC3)CC2)nc1-c1ccccc1. The van der Waals surface area contributed by atoms with Gasteiger partial charge in [0.25, 0.3) is 5.91 Å². The minimum Gasteiger partial charge on any atom is -0.381 e. The Balaban J connectivity index is 1.50. The third-order valence-corrected chi connectivity index (χ3v) is 10.1. The highest BCUT2D eigenvalue weighted by molar-refractivity contribution is 7.91. The Hall–Kier alpha value is -1.85. The van der Waals surface area contributed by atoms with Crippen LogP contribution in [0, 0.1) is 6.92 Å². The minimum absolute atomic E-state index is 0.0355. The van der Waals surface area contributed by atoms with Gasteiger partial charge in [-0.25, -0.2) is 23.2 Å². The molecule has 8 nitrogen and oxygen atoms in total. The van der Waals surface area contributed by atoms with Gasteiger partial charge < -0.3 is 4.74 Å². The van der Waals surface area contributed by atoms with Crippen molar-refractivity contribution in [3.8, 4) is 11.3 Å². The highest BCUT2D eigenvalue weighted by Gasteiger charge is 2.54. The summed E-state index contributed by atoms with van der Waals surface area (Å²) in [6, 6.07) is 10.0. The van der Waals surface area contributed by atoms with E-state index in [2.05, 4.69) is 6.92 Å². The lowest BCUT2D eigenvalue weighted by molar-refractivity contribution is -0.134. The van der Waals surface area contributed by atoms with Gasteiger partial charge in [0.05, 0.1) is 10.7 Å². The molecule has 1 aromatic carbocycles. The fraction of sp³-hybridized carbons (Fsp3) is 0.524. The molecule has 2 aliphatic rings. The Morgan fingerprint density at radius 3 is 2.48 bits per heavy atom. The zero-order chi connectivity index (χ0) is 22.1. The fourth-order valence-corrected chi connectivity index (χ4v) is 7.71. The highest BCUT2D eigenvalue weighted by Crippen LogP contribution is 2.39. The number of hydrogen-bond donors (Lipinski definition) is 2. The van der Waals surface area contributed by atoms with Crippen molar-refractivity contribution >= 4 is 27.3 Å². The van der Waals surface area contributed by atoms with E-state index in [-0.39, 0.29) is 32.0 Å². The van der Waals surface area contributed by atoms with Gasteiger partial charge in [-0.3, -0.25) is 10.0 Å². The number of ether oxygens (including phenoxy) is 1. The summed E-state index contributed by atoms with van der Waals surface area (Å²) >= 11 is 1.67. The highest BCUT2D eigenvalue weighted by atomic mass is 32.2. The molecule has 0 unspecified atom stereocenters. The van der Waals surface area contributed by atoms with Crippen LogP contribution in [0.2, 0.25) is 0 Å². The van der Waals surface area contributed by atoms with Crippen LogP contribution in [-0.4, -0.2) is 59.9 Å². The van der Waals surface area contributed by atoms with Gasteiger partial charge >= 0.3 is 0 Å². The van der Waals surface area contributed by atoms with E-state index in [4.69, 9.17) is 9.72 Å². The van der Waals surface area contributed by atoms with E-state index >= 15 is 0 Å². The van der Waals surface area contributed by atoms with Crippen LogP contribution < -0.4 is 5.48 Å². The van der Waals surface area contributed by atoms with Gasteiger partial charge in [-0.1, -0.05) is 30.3 Å². The van der Waals surface area contributed by atoms with Crippen molar-refractivity contribution < 1.29 is 23.2 Å². The Morgan fingerprint density at radius 2 is 1.87 bits per heavy atom. The maximum absolute atomic E-state index is 13.4. The number of hydroxylamine groups is 1. The Bertz CT molecular complexity index is 1020. The largest absolute Gasteiger partial charge is 0.381 e. The zero-order valence-electron chi connectivity index (χ0n) is 17.4. The number of sulfonamides is 1. The molecule has 1 amide bonds. The summed E-state index contributed by atoms with van der Waals surface area (Å²) < 4.78 is 31.9. The van der Waals surface area contributed by atoms with Crippen molar-refractivity contribution in [2.45, 2.75) is 43.3 Å². The first-order chi connectivity index (χ1) is 14.9. The number of rotatable bonds is 5. The number of nitrogens with one attached hydrogen (secondary N) is 1. The molecule has 2 aliphatic heterocycles. The van der Waals surface area contributed by atoms with Gasteiger partial charge in [-0.05, 0) is 19.8 Å². The molecule has 1 aromatic heterocycles. The van der Waals surface area contributed by atoms with Crippen LogP contribution in [0.5, 0.6) is 0 Å². The average Bonchev–Trinajstić information content (AvgIpc) is 3.21. The zero-order valence-corrected chi connectivity index (χ0v) is 19.0. The number of aromatic nitrogens is 1. The number of carbonyl (C=O) groups is 1. The average molecular weight is 466 g/mol. The van der Waals surface area contributed by atoms with E-state index in [0.717, 1.165) is 21.1 Å². The Kier molecular flexibility index (Phi) is 6.45. The molecule has 2 fully saturated rings. The van der Waals surface area contributed by atoms with E-state index in [9.17, 15) is 18.4 Å². The van der Waals surface area contributed by atoms with Gasteiger partial charge in [-0.2, -0.15) is 0 Å². The summed E-state index contributed by atoms with van der Waals surface area (Å²) in [7, 11) is -3.95. The van der Waals surface area contributed by atoms with Crippen molar-refractivity contribution in [1.29, 1.82) is 0 Å². The van der Waals surface area contributed by atoms with Crippen LogP contribution in [0.4, 0.5) is 0 Å². The predicted molar refractivity (Wildman–Crippen MR) is 117 cm³/mol. The first kappa shape index (κ1) is 22.3. The smallest absolute Gasteiger partial charge is 0.266 e. The minimum atomic E-state index is -3.95. The molecule has 0 atom stereocenters. The lowest BCUT2D eigenvalue weighted by atomic mass is 9.98. The molecule has 0 spiro atoms. The number of hydrogen-bond acceptors (Lipinski definition) is 7. The maximum atomic E-state index is 13.4. The lowest BCUT2D eigenvalue weighted by Gasteiger charge is -2.40. The molecule has 168 valence electrons. The summed E-state index contributed by atoms with van der Waals surface area (Å²) in [6.07, 6.45) is 1.36. The summed E-state index contributed by atoms with van der Waals surface area (Å²) in [5.74, 6) is -0.689. The molecule has 31 heavy (non-hydrogen) atoms. The molecule has 4 rings (SSSR count). The third kappa shape index (κ3) is 4.03. The third-order valence-electron chi connectivity index (χ3n) is 6.31. The van der Waals surface area contributed by atoms with Gasteiger partial charge in [0, 0.05) is 55.5 Å². The van der Waals surface area contributed by atoms with Crippen molar-refractivity contribution in [2.75, 3.05) is 26.3 Å². The van der Waals surface area contributed by atoms with E-state index < -0.39 is 20.7 Å². The molecule has 0 aliphatic carbocycles. The van der Waals surface area contributed by atoms with Crippen molar-refractivity contribution in [2.24, 2.45) is 0 Å². The summed E-state index contributed by atoms with van der Waals surface area (Å²) in [6.45, 7) is 3.06. The Labute approximate surface area is 186 Å². The molecule has 2 N–H and O–H groups in total. The van der Waals surface area contributed by atoms with Crippen LogP contribution in [0.3, 0.4) is 0 Å². The maximum Gasteiger partial charge on any atom is 0.266 e. The second-order valence-electron chi connectivity index (χ2n) is 8.05.